The molecule has 0 unspecified atom stereocenters. The van der Waals surface area contributed by atoms with Crippen LogP contribution in [0.2, 0.25) is 0 Å². The van der Waals surface area contributed by atoms with E-state index in [1.165, 1.54) is 12.1 Å². The fourth-order valence-corrected chi connectivity index (χ4v) is 1.32. The van der Waals surface area contributed by atoms with Gasteiger partial charge in [0.2, 0.25) is 5.91 Å². The van der Waals surface area contributed by atoms with E-state index in [4.69, 9.17) is 10.5 Å². The molecule has 0 saturated heterocycles. The molecule has 0 aliphatic rings. The maximum Gasteiger partial charge on any atom is 0.250 e. The summed E-state index contributed by atoms with van der Waals surface area (Å²) in [5.74, 6) is -0.184. The van der Waals surface area contributed by atoms with Crippen molar-refractivity contribution in [2.45, 2.75) is 20.3 Å². The third-order valence-electron chi connectivity index (χ3n) is 2.36. The summed E-state index contributed by atoms with van der Waals surface area (Å²) >= 11 is 0. The van der Waals surface area contributed by atoms with Gasteiger partial charge in [0.1, 0.15) is 12.4 Å². The normalized spacial score (nSPS) is 10.7. The number of nitrogens with one attached hydrogen (secondary N) is 1. The summed E-state index contributed by atoms with van der Waals surface area (Å²) in [5.41, 5.74) is 6.17. The zero-order chi connectivity index (χ0) is 13.5. The van der Waals surface area contributed by atoms with Crippen LogP contribution in [0.3, 0.4) is 0 Å². The average molecular weight is 254 g/mol. The molecule has 0 aromatic heterocycles. The van der Waals surface area contributed by atoms with E-state index < -0.39 is 5.82 Å². The molecule has 0 fully saturated rings. The van der Waals surface area contributed by atoms with Gasteiger partial charge in [-0.1, -0.05) is 13.8 Å². The summed E-state index contributed by atoms with van der Waals surface area (Å²) in [4.78, 5) is 11.5. The molecule has 0 saturated carbocycles. The molecular formula is C13H19FN2O2. The van der Waals surface area contributed by atoms with Crippen LogP contribution in [0.1, 0.15) is 20.3 Å². The highest BCUT2D eigenvalue weighted by Crippen LogP contribution is 2.18. The Kier molecular flexibility index (Phi) is 5.58. The van der Waals surface area contributed by atoms with E-state index in [0.29, 0.717) is 18.2 Å². The van der Waals surface area contributed by atoms with Crippen LogP contribution in [-0.2, 0) is 9.53 Å². The van der Waals surface area contributed by atoms with E-state index in [9.17, 15) is 9.18 Å². The van der Waals surface area contributed by atoms with Crippen LogP contribution in [0.4, 0.5) is 15.8 Å². The third kappa shape index (κ3) is 5.14. The predicted molar refractivity (Wildman–Crippen MR) is 69.7 cm³/mol. The molecule has 0 bridgehead atoms. The Morgan fingerprint density at radius 2 is 2.22 bits per heavy atom. The topological polar surface area (TPSA) is 64.3 Å². The second kappa shape index (κ2) is 6.96. The lowest BCUT2D eigenvalue weighted by atomic mass is 10.1. The third-order valence-corrected chi connectivity index (χ3v) is 2.36. The molecule has 0 radical (unpaired) electrons. The molecule has 4 nitrogen and oxygen atoms in total. The summed E-state index contributed by atoms with van der Waals surface area (Å²) in [7, 11) is 0. The number of rotatable bonds is 6. The van der Waals surface area contributed by atoms with Crippen LogP contribution in [0.25, 0.3) is 0 Å². The van der Waals surface area contributed by atoms with Gasteiger partial charge in [0.25, 0.3) is 0 Å². The molecule has 1 aromatic rings. The average Bonchev–Trinajstić information content (AvgIpc) is 2.28. The Morgan fingerprint density at radius 1 is 1.50 bits per heavy atom. The van der Waals surface area contributed by atoms with Gasteiger partial charge in [-0.2, -0.15) is 0 Å². The van der Waals surface area contributed by atoms with E-state index in [1.54, 1.807) is 0 Å². The van der Waals surface area contributed by atoms with Crippen molar-refractivity contribution in [3.05, 3.63) is 24.0 Å². The molecule has 0 aliphatic carbocycles. The van der Waals surface area contributed by atoms with Gasteiger partial charge in [-0.3, -0.25) is 4.79 Å². The van der Waals surface area contributed by atoms with Gasteiger partial charge in [-0.15, -0.1) is 0 Å². The number of benzene rings is 1. The monoisotopic (exact) mass is 254 g/mol. The first-order valence-electron chi connectivity index (χ1n) is 5.91. The van der Waals surface area contributed by atoms with Crippen molar-refractivity contribution in [1.29, 1.82) is 0 Å². The van der Waals surface area contributed by atoms with Gasteiger partial charge in [0.15, 0.2) is 0 Å². The zero-order valence-electron chi connectivity index (χ0n) is 10.7. The molecule has 18 heavy (non-hydrogen) atoms. The van der Waals surface area contributed by atoms with Crippen molar-refractivity contribution in [3.8, 4) is 0 Å². The summed E-state index contributed by atoms with van der Waals surface area (Å²) in [6, 6.07) is 3.83. The summed E-state index contributed by atoms with van der Waals surface area (Å²) in [6.07, 6.45) is 0.909. The van der Waals surface area contributed by atoms with Crippen molar-refractivity contribution in [2.24, 2.45) is 5.92 Å². The molecule has 0 spiro atoms. The first-order valence-corrected chi connectivity index (χ1v) is 5.91. The lowest BCUT2D eigenvalue weighted by Crippen LogP contribution is -2.19. The van der Waals surface area contributed by atoms with Crippen LogP contribution >= 0.6 is 0 Å². The van der Waals surface area contributed by atoms with Gasteiger partial charge in [0.05, 0.1) is 11.4 Å². The van der Waals surface area contributed by atoms with E-state index in [0.717, 1.165) is 12.5 Å². The molecule has 0 heterocycles. The minimum Gasteiger partial charge on any atom is -0.397 e. The molecule has 1 rings (SSSR count). The number of ether oxygens (including phenoxy) is 1. The molecule has 1 aromatic carbocycles. The van der Waals surface area contributed by atoms with Crippen molar-refractivity contribution in [2.75, 3.05) is 24.3 Å². The van der Waals surface area contributed by atoms with E-state index in [-0.39, 0.29) is 18.2 Å². The molecular weight excluding hydrogens is 235 g/mol. The van der Waals surface area contributed by atoms with Crippen molar-refractivity contribution in [3.63, 3.8) is 0 Å². The number of carbonyl (C=O) groups excluding carboxylic acids is 1. The second-order valence-electron chi connectivity index (χ2n) is 4.51. The van der Waals surface area contributed by atoms with Gasteiger partial charge in [-0.05, 0) is 30.5 Å². The Hall–Kier alpha value is -1.62. The quantitative estimate of drug-likeness (QED) is 0.605. The first-order chi connectivity index (χ1) is 8.49. The molecule has 3 N–H and O–H groups in total. The number of hydrogen-bond donors (Lipinski definition) is 2. The minimum atomic E-state index is -0.432. The number of anilines is 2. The van der Waals surface area contributed by atoms with Crippen LogP contribution in [0.5, 0.6) is 0 Å². The van der Waals surface area contributed by atoms with Crippen LogP contribution in [-0.4, -0.2) is 19.1 Å². The van der Waals surface area contributed by atoms with E-state index >= 15 is 0 Å². The van der Waals surface area contributed by atoms with Crippen LogP contribution < -0.4 is 11.1 Å². The van der Waals surface area contributed by atoms with Gasteiger partial charge >= 0.3 is 0 Å². The highest BCUT2D eigenvalue weighted by atomic mass is 19.1. The standard InChI is InChI=1S/C13H19FN2O2/c1-9(2)5-6-18-8-13(17)16-12-4-3-10(14)7-11(12)15/h3-4,7,9H,5-6,8,15H2,1-2H3,(H,16,17). The number of amides is 1. The highest BCUT2D eigenvalue weighted by Gasteiger charge is 2.06. The SMILES string of the molecule is CC(C)CCOCC(=O)Nc1ccc(F)cc1N. The molecule has 1 amide bonds. The molecule has 100 valence electrons. The van der Waals surface area contributed by atoms with Crippen molar-refractivity contribution >= 4 is 17.3 Å². The second-order valence-corrected chi connectivity index (χ2v) is 4.51. The first kappa shape index (κ1) is 14.4. The molecule has 0 atom stereocenters. The number of carbonyl (C=O) groups is 1. The Morgan fingerprint density at radius 3 is 2.83 bits per heavy atom. The highest BCUT2D eigenvalue weighted by molar-refractivity contribution is 5.94. The number of nitrogen functional groups attached to an aromatic ring is 1. The largest absolute Gasteiger partial charge is 0.397 e. The summed E-state index contributed by atoms with van der Waals surface area (Å²) in [5, 5.41) is 2.57. The number of nitrogens with two attached hydrogens (primary N) is 1. The lowest BCUT2D eigenvalue weighted by molar-refractivity contribution is -0.120. The van der Waals surface area contributed by atoms with Crippen molar-refractivity contribution < 1.29 is 13.9 Å². The Labute approximate surface area is 106 Å². The number of hydrogen-bond acceptors (Lipinski definition) is 3. The van der Waals surface area contributed by atoms with E-state index in [2.05, 4.69) is 19.2 Å². The molecule has 0 aliphatic heterocycles. The smallest absolute Gasteiger partial charge is 0.250 e. The van der Waals surface area contributed by atoms with Gasteiger partial charge in [0, 0.05) is 6.61 Å². The summed E-state index contributed by atoms with van der Waals surface area (Å²) < 4.78 is 18.0. The zero-order valence-corrected chi connectivity index (χ0v) is 10.7. The van der Waals surface area contributed by atoms with Gasteiger partial charge < -0.3 is 15.8 Å². The summed E-state index contributed by atoms with van der Waals surface area (Å²) in [6.45, 7) is 4.69. The predicted octanol–water partition coefficient (Wildman–Crippen LogP) is 2.41. The maximum atomic E-state index is 12.8. The lowest BCUT2D eigenvalue weighted by Gasteiger charge is -2.09. The van der Waals surface area contributed by atoms with Crippen LogP contribution in [0, 0.1) is 11.7 Å². The maximum absolute atomic E-state index is 12.8. The fraction of sp³-hybridized carbons (Fsp3) is 0.462. The fourth-order valence-electron chi connectivity index (χ4n) is 1.32. The van der Waals surface area contributed by atoms with Crippen LogP contribution in [0.15, 0.2) is 18.2 Å². The van der Waals surface area contributed by atoms with Gasteiger partial charge in [-0.25, -0.2) is 4.39 Å². The van der Waals surface area contributed by atoms with Crippen molar-refractivity contribution in [1.82, 2.24) is 0 Å². The number of halogens is 1. The van der Waals surface area contributed by atoms with E-state index in [1.807, 2.05) is 0 Å². The molecule has 5 heteroatoms. The Balaban J connectivity index is 2.35. The minimum absolute atomic E-state index is 0.0243. The Bertz CT molecular complexity index is 408.